The molecule has 9 heteroatoms. The van der Waals surface area contributed by atoms with Crippen molar-refractivity contribution in [2.75, 3.05) is 18.6 Å². The molecule has 1 aliphatic heterocycles. The van der Waals surface area contributed by atoms with Crippen molar-refractivity contribution in [3.05, 3.63) is 22.7 Å². The van der Waals surface area contributed by atoms with Crippen LogP contribution in [0.25, 0.3) is 0 Å². The van der Waals surface area contributed by atoms with Crippen molar-refractivity contribution >= 4 is 11.8 Å². The quantitative estimate of drug-likeness (QED) is 0.474. The summed E-state index contributed by atoms with van der Waals surface area (Å²) in [5.74, 6) is -0.424. The lowest BCUT2D eigenvalue weighted by Crippen LogP contribution is -2.28. The molecular weight excluding hydrogens is 268 g/mol. The summed E-state index contributed by atoms with van der Waals surface area (Å²) >= 11 is 0. The van der Waals surface area contributed by atoms with E-state index in [-0.39, 0.29) is 25.1 Å². The number of nitrogens with one attached hydrogen (secondary N) is 1. The normalized spacial score (nSPS) is 21.7. The largest absolute Gasteiger partial charge is 0.462 e. The number of rotatable bonds is 5. The maximum atomic E-state index is 11.7. The molecule has 2 unspecified atom stereocenters. The van der Waals surface area contributed by atoms with Crippen LogP contribution in [0.1, 0.15) is 19.1 Å². The molecule has 1 aliphatic rings. The number of nitrogens with two attached hydrogens (primary N) is 1. The van der Waals surface area contributed by atoms with E-state index < -0.39 is 17.9 Å². The van der Waals surface area contributed by atoms with Gasteiger partial charge in [0, 0.05) is 6.20 Å². The summed E-state index contributed by atoms with van der Waals surface area (Å²) in [6, 6.07) is 1.45. The highest BCUT2D eigenvalue weighted by molar-refractivity contribution is 5.71. The van der Waals surface area contributed by atoms with E-state index in [4.69, 9.17) is 20.4 Å². The number of hydrogen-bond acceptors (Lipinski definition) is 8. The summed E-state index contributed by atoms with van der Waals surface area (Å²) in [5.41, 5.74) is 6.39. The molecule has 1 saturated heterocycles. The van der Waals surface area contributed by atoms with Crippen LogP contribution < -0.4 is 16.9 Å². The van der Waals surface area contributed by atoms with Crippen molar-refractivity contribution in [1.29, 1.82) is 0 Å². The van der Waals surface area contributed by atoms with Crippen molar-refractivity contribution in [3.63, 3.8) is 0 Å². The van der Waals surface area contributed by atoms with Gasteiger partial charge in [-0.05, 0) is 18.9 Å². The van der Waals surface area contributed by atoms with Crippen molar-refractivity contribution in [2.24, 2.45) is 5.73 Å². The molecule has 1 aromatic rings. The fraction of sp³-hybridized carbons (Fsp3) is 0.545. The molecule has 2 rings (SSSR count). The zero-order chi connectivity index (χ0) is 14.5. The molecule has 4 N–H and O–H groups in total. The minimum absolute atomic E-state index is 0.0673. The number of nitrogens with zero attached hydrogens (tertiary/aromatic N) is 2. The fourth-order valence-corrected chi connectivity index (χ4v) is 1.95. The molecule has 0 spiro atoms. The SMILES string of the molecule is NCC(=O)OCC1CCC(n2ccc(NO)nc2=O)O1. The lowest BCUT2D eigenvalue weighted by molar-refractivity contribution is -0.146. The first-order chi connectivity index (χ1) is 9.63. The van der Waals surface area contributed by atoms with Crippen LogP contribution in [0, 0.1) is 0 Å². The highest BCUT2D eigenvalue weighted by Gasteiger charge is 2.28. The van der Waals surface area contributed by atoms with Gasteiger partial charge in [0.05, 0.1) is 12.6 Å². The van der Waals surface area contributed by atoms with Crippen LogP contribution in [0.4, 0.5) is 5.82 Å². The first-order valence-electron chi connectivity index (χ1n) is 6.14. The molecule has 0 aliphatic carbocycles. The van der Waals surface area contributed by atoms with Crippen LogP contribution >= 0.6 is 0 Å². The second-order valence-electron chi connectivity index (χ2n) is 4.29. The summed E-state index contributed by atoms with van der Waals surface area (Å²) in [4.78, 5) is 26.3. The van der Waals surface area contributed by atoms with Gasteiger partial charge in [0.15, 0.2) is 5.82 Å². The summed E-state index contributed by atoms with van der Waals surface area (Å²) in [7, 11) is 0. The first kappa shape index (κ1) is 14.4. The van der Waals surface area contributed by atoms with Gasteiger partial charge in [-0.3, -0.25) is 20.0 Å². The molecule has 0 bridgehead atoms. The standard InChI is InChI=1S/C11H16N4O5/c12-5-10(16)19-6-7-1-2-9(20-7)15-4-3-8(14-18)13-11(15)17/h3-4,7,9,18H,1-2,5-6,12H2,(H,13,14,17). The number of carbonyl (C=O) groups is 1. The third kappa shape index (κ3) is 3.32. The highest BCUT2D eigenvalue weighted by Crippen LogP contribution is 2.27. The zero-order valence-electron chi connectivity index (χ0n) is 10.7. The van der Waals surface area contributed by atoms with Gasteiger partial charge in [-0.15, -0.1) is 0 Å². The maximum absolute atomic E-state index is 11.7. The molecule has 110 valence electrons. The lowest BCUT2D eigenvalue weighted by atomic mass is 10.2. The molecule has 0 aromatic carbocycles. The Morgan fingerprint density at radius 1 is 1.65 bits per heavy atom. The molecule has 2 heterocycles. The highest BCUT2D eigenvalue weighted by atomic mass is 16.6. The summed E-state index contributed by atoms with van der Waals surface area (Å²) in [6.45, 7) is -0.0554. The van der Waals surface area contributed by atoms with Crippen molar-refractivity contribution in [1.82, 2.24) is 9.55 Å². The van der Waals surface area contributed by atoms with Gasteiger partial charge in [0.1, 0.15) is 12.8 Å². The Bertz CT molecular complexity index is 532. The Hall–Kier alpha value is -1.97. The minimum Gasteiger partial charge on any atom is -0.462 e. The number of ether oxygens (including phenoxy) is 2. The number of carbonyl (C=O) groups excluding carboxylic acids is 1. The van der Waals surface area contributed by atoms with Crippen LogP contribution in [0.5, 0.6) is 0 Å². The third-order valence-corrected chi connectivity index (χ3v) is 2.94. The van der Waals surface area contributed by atoms with Crippen molar-refractivity contribution in [3.8, 4) is 0 Å². The Morgan fingerprint density at radius 2 is 2.45 bits per heavy atom. The fourth-order valence-electron chi connectivity index (χ4n) is 1.95. The van der Waals surface area contributed by atoms with Gasteiger partial charge in [0.25, 0.3) is 0 Å². The van der Waals surface area contributed by atoms with Crippen LogP contribution in [-0.2, 0) is 14.3 Å². The Balaban J connectivity index is 1.95. The Morgan fingerprint density at radius 3 is 3.10 bits per heavy atom. The lowest BCUT2D eigenvalue weighted by Gasteiger charge is -2.15. The number of esters is 1. The molecule has 9 nitrogen and oxygen atoms in total. The van der Waals surface area contributed by atoms with Crippen LogP contribution in [0.15, 0.2) is 17.1 Å². The van der Waals surface area contributed by atoms with E-state index in [9.17, 15) is 9.59 Å². The van der Waals surface area contributed by atoms with Crippen LogP contribution in [-0.4, -0.2) is 40.0 Å². The smallest absolute Gasteiger partial charge is 0.351 e. The monoisotopic (exact) mass is 284 g/mol. The van der Waals surface area contributed by atoms with Gasteiger partial charge in [0.2, 0.25) is 0 Å². The molecule has 0 amide bonds. The second-order valence-corrected chi connectivity index (χ2v) is 4.29. The number of anilines is 1. The average molecular weight is 284 g/mol. The van der Waals surface area contributed by atoms with Crippen molar-refractivity contribution in [2.45, 2.75) is 25.2 Å². The summed E-state index contributed by atoms with van der Waals surface area (Å²) < 4.78 is 11.8. The minimum atomic E-state index is -0.534. The summed E-state index contributed by atoms with van der Waals surface area (Å²) in [5, 5.41) is 8.66. The second kappa shape index (κ2) is 6.46. The first-order valence-corrected chi connectivity index (χ1v) is 6.14. The molecule has 1 fully saturated rings. The average Bonchev–Trinajstić information content (AvgIpc) is 2.93. The molecule has 20 heavy (non-hydrogen) atoms. The van der Waals surface area contributed by atoms with Gasteiger partial charge in [-0.25, -0.2) is 4.79 Å². The molecule has 1 aromatic heterocycles. The van der Waals surface area contributed by atoms with Gasteiger partial charge >= 0.3 is 11.7 Å². The predicted molar refractivity (Wildman–Crippen MR) is 67.1 cm³/mol. The zero-order valence-corrected chi connectivity index (χ0v) is 10.7. The Labute approximate surface area is 114 Å². The van der Waals surface area contributed by atoms with Crippen LogP contribution in [0.3, 0.4) is 0 Å². The van der Waals surface area contributed by atoms with E-state index in [1.807, 2.05) is 0 Å². The number of aromatic nitrogens is 2. The maximum Gasteiger partial charge on any atom is 0.351 e. The molecule has 2 atom stereocenters. The van der Waals surface area contributed by atoms with E-state index in [0.29, 0.717) is 12.8 Å². The number of hydrogen-bond donors (Lipinski definition) is 3. The van der Waals surface area contributed by atoms with Gasteiger partial charge < -0.3 is 15.2 Å². The van der Waals surface area contributed by atoms with E-state index in [1.165, 1.54) is 16.8 Å². The predicted octanol–water partition coefficient (Wildman–Crippen LogP) is -0.776. The van der Waals surface area contributed by atoms with Gasteiger partial charge in [-0.2, -0.15) is 4.98 Å². The van der Waals surface area contributed by atoms with Crippen LogP contribution in [0.2, 0.25) is 0 Å². The summed E-state index contributed by atoms with van der Waals surface area (Å²) in [6.07, 6.45) is 2.03. The molecule has 0 saturated carbocycles. The van der Waals surface area contributed by atoms with E-state index >= 15 is 0 Å². The van der Waals surface area contributed by atoms with E-state index in [1.54, 1.807) is 5.48 Å². The Kier molecular flexibility index (Phi) is 4.66. The topological polar surface area (TPSA) is 129 Å². The van der Waals surface area contributed by atoms with E-state index in [0.717, 1.165) is 0 Å². The van der Waals surface area contributed by atoms with Crippen molar-refractivity contribution < 1.29 is 19.5 Å². The van der Waals surface area contributed by atoms with Gasteiger partial charge in [-0.1, -0.05) is 0 Å². The van der Waals surface area contributed by atoms with E-state index in [2.05, 4.69) is 4.98 Å². The third-order valence-electron chi connectivity index (χ3n) is 2.94. The molecule has 0 radical (unpaired) electrons. The molecular formula is C11H16N4O5.